The van der Waals surface area contributed by atoms with Gasteiger partial charge in [0, 0.05) is 12.1 Å². The van der Waals surface area contributed by atoms with E-state index in [2.05, 4.69) is 14.5 Å². The summed E-state index contributed by atoms with van der Waals surface area (Å²) in [5.74, 6) is -2.63. The van der Waals surface area contributed by atoms with Gasteiger partial charge in [-0.1, -0.05) is 30.3 Å². The summed E-state index contributed by atoms with van der Waals surface area (Å²) in [6, 6.07) is 8.71. The molecule has 0 spiro atoms. The lowest BCUT2D eigenvalue weighted by Gasteiger charge is -2.18. The molecule has 2 rings (SSSR count). The van der Waals surface area contributed by atoms with Crippen LogP contribution in [0.5, 0.6) is 5.75 Å². The summed E-state index contributed by atoms with van der Waals surface area (Å²) in [5, 5.41) is 10.4. The van der Waals surface area contributed by atoms with Gasteiger partial charge >= 0.3 is 11.9 Å². The number of carbonyl (C=O) groups excluding carboxylic acids is 2. The number of ether oxygens (including phenoxy) is 2. The molecule has 0 amide bonds. The van der Waals surface area contributed by atoms with E-state index in [1.165, 1.54) is 7.11 Å². The number of methoxy groups -OCH3 is 2. The SMILES string of the molecule is COC(=O)C[C@H](c1ccccc1)c1c(O)c(C(=O)OC)c[nH]c1=O. The lowest BCUT2D eigenvalue weighted by molar-refractivity contribution is -0.140. The first-order chi connectivity index (χ1) is 11.5. The molecular weight excluding hydrogens is 314 g/mol. The zero-order chi connectivity index (χ0) is 17.7. The maximum Gasteiger partial charge on any atom is 0.343 e. The first-order valence-electron chi connectivity index (χ1n) is 7.14. The van der Waals surface area contributed by atoms with E-state index in [-0.39, 0.29) is 17.5 Å². The van der Waals surface area contributed by atoms with Gasteiger partial charge < -0.3 is 19.6 Å². The van der Waals surface area contributed by atoms with E-state index in [1.807, 2.05) is 0 Å². The average Bonchev–Trinajstić information content (AvgIpc) is 2.60. The van der Waals surface area contributed by atoms with Gasteiger partial charge in [-0.15, -0.1) is 0 Å². The van der Waals surface area contributed by atoms with Crippen molar-refractivity contribution in [2.45, 2.75) is 12.3 Å². The van der Waals surface area contributed by atoms with Crippen LogP contribution in [0.4, 0.5) is 0 Å². The summed E-state index contributed by atoms with van der Waals surface area (Å²) in [5.41, 5.74) is -0.240. The lowest BCUT2D eigenvalue weighted by atomic mass is 9.88. The fourth-order valence-corrected chi connectivity index (χ4v) is 2.45. The zero-order valence-corrected chi connectivity index (χ0v) is 13.2. The molecule has 0 aliphatic rings. The Bertz CT molecular complexity index is 796. The van der Waals surface area contributed by atoms with Gasteiger partial charge in [0.2, 0.25) is 0 Å². The minimum Gasteiger partial charge on any atom is -0.506 e. The number of carbonyl (C=O) groups is 2. The van der Waals surface area contributed by atoms with Crippen molar-refractivity contribution in [2.24, 2.45) is 0 Å². The predicted octanol–water partition coefficient (Wildman–Crippen LogP) is 1.56. The molecule has 24 heavy (non-hydrogen) atoms. The van der Waals surface area contributed by atoms with Crippen LogP contribution in [-0.4, -0.2) is 36.2 Å². The van der Waals surface area contributed by atoms with Crippen LogP contribution in [0.1, 0.15) is 33.8 Å². The van der Waals surface area contributed by atoms with E-state index >= 15 is 0 Å². The monoisotopic (exact) mass is 331 g/mol. The largest absolute Gasteiger partial charge is 0.506 e. The minimum absolute atomic E-state index is 0.0884. The number of aromatic nitrogens is 1. The summed E-state index contributed by atoms with van der Waals surface area (Å²) in [7, 11) is 2.40. The molecule has 7 heteroatoms. The normalized spacial score (nSPS) is 11.6. The van der Waals surface area contributed by atoms with E-state index in [4.69, 9.17) is 0 Å². The van der Waals surface area contributed by atoms with Crippen LogP contribution in [0.15, 0.2) is 41.3 Å². The molecule has 0 unspecified atom stereocenters. The fraction of sp³-hybridized carbons (Fsp3) is 0.235. The van der Waals surface area contributed by atoms with Crippen LogP contribution in [0.3, 0.4) is 0 Å². The van der Waals surface area contributed by atoms with E-state index in [1.54, 1.807) is 30.3 Å². The number of benzene rings is 1. The summed E-state index contributed by atoms with van der Waals surface area (Å²) in [6.45, 7) is 0. The Morgan fingerprint density at radius 2 is 1.83 bits per heavy atom. The average molecular weight is 331 g/mol. The zero-order valence-electron chi connectivity index (χ0n) is 13.2. The van der Waals surface area contributed by atoms with Gasteiger partial charge in [-0.2, -0.15) is 0 Å². The Morgan fingerprint density at radius 3 is 2.42 bits per heavy atom. The number of pyridine rings is 1. The summed E-state index contributed by atoms with van der Waals surface area (Å²) < 4.78 is 9.26. The van der Waals surface area contributed by atoms with Gasteiger partial charge in [-0.05, 0) is 5.56 Å². The van der Waals surface area contributed by atoms with Crippen molar-refractivity contribution < 1.29 is 24.2 Å². The molecule has 1 aromatic heterocycles. The van der Waals surface area contributed by atoms with Crippen LogP contribution in [0, 0.1) is 0 Å². The Balaban J connectivity index is 2.64. The summed E-state index contributed by atoms with van der Waals surface area (Å²) in [6.07, 6.45) is 0.912. The van der Waals surface area contributed by atoms with Crippen molar-refractivity contribution in [3.05, 3.63) is 63.6 Å². The topological polar surface area (TPSA) is 106 Å². The van der Waals surface area contributed by atoms with Crippen LogP contribution in [0.2, 0.25) is 0 Å². The van der Waals surface area contributed by atoms with Crippen LogP contribution in [-0.2, 0) is 14.3 Å². The van der Waals surface area contributed by atoms with E-state index in [0.29, 0.717) is 5.56 Å². The highest BCUT2D eigenvalue weighted by Gasteiger charge is 2.28. The number of rotatable bonds is 5. The molecular formula is C17H17NO6. The molecule has 0 aliphatic heterocycles. The molecule has 0 aliphatic carbocycles. The second-order valence-electron chi connectivity index (χ2n) is 5.03. The minimum atomic E-state index is -0.796. The number of aromatic hydroxyl groups is 1. The smallest absolute Gasteiger partial charge is 0.343 e. The highest BCUT2D eigenvalue weighted by Crippen LogP contribution is 2.33. The van der Waals surface area contributed by atoms with Gasteiger partial charge in [-0.25, -0.2) is 4.79 Å². The summed E-state index contributed by atoms with van der Waals surface area (Å²) >= 11 is 0. The molecule has 1 aromatic carbocycles. The molecule has 0 bridgehead atoms. The number of H-pyrrole nitrogens is 1. The quantitative estimate of drug-likeness (QED) is 0.806. The van der Waals surface area contributed by atoms with Crippen molar-refractivity contribution in [1.82, 2.24) is 4.98 Å². The van der Waals surface area contributed by atoms with Crippen molar-refractivity contribution in [1.29, 1.82) is 0 Å². The third kappa shape index (κ3) is 3.45. The second-order valence-corrected chi connectivity index (χ2v) is 5.03. The molecule has 0 saturated carbocycles. The maximum absolute atomic E-state index is 12.3. The highest BCUT2D eigenvalue weighted by atomic mass is 16.5. The lowest BCUT2D eigenvalue weighted by Crippen LogP contribution is -2.22. The molecule has 0 saturated heterocycles. The molecule has 2 aromatic rings. The van der Waals surface area contributed by atoms with E-state index in [0.717, 1.165) is 13.3 Å². The van der Waals surface area contributed by atoms with Crippen molar-refractivity contribution in [2.75, 3.05) is 14.2 Å². The Kier molecular flexibility index (Phi) is 5.36. The van der Waals surface area contributed by atoms with E-state index in [9.17, 15) is 19.5 Å². The molecule has 1 heterocycles. The Morgan fingerprint density at radius 1 is 1.17 bits per heavy atom. The standard InChI is InChI=1S/C17H17NO6/c1-23-13(19)8-11(10-6-4-3-5-7-10)14-15(20)12(17(22)24-2)9-18-16(14)21/h3-7,9,11H,8H2,1-2H3,(H2,18,20,21)/t11-/m1/s1. The van der Waals surface area contributed by atoms with Crippen molar-refractivity contribution in [3.63, 3.8) is 0 Å². The van der Waals surface area contributed by atoms with Crippen molar-refractivity contribution in [3.8, 4) is 5.75 Å². The highest BCUT2D eigenvalue weighted by molar-refractivity contribution is 5.92. The Labute approximate surface area is 137 Å². The number of hydrogen-bond donors (Lipinski definition) is 2. The van der Waals surface area contributed by atoms with Gasteiger partial charge in [0.1, 0.15) is 11.3 Å². The number of esters is 2. The Hall–Kier alpha value is -3.09. The first kappa shape index (κ1) is 17.3. The van der Waals surface area contributed by atoms with Crippen LogP contribution < -0.4 is 5.56 Å². The summed E-state index contributed by atoms with van der Waals surface area (Å²) in [4.78, 5) is 38.2. The van der Waals surface area contributed by atoms with Gasteiger partial charge in [-0.3, -0.25) is 9.59 Å². The fourth-order valence-electron chi connectivity index (χ4n) is 2.45. The molecule has 2 N–H and O–H groups in total. The van der Waals surface area contributed by atoms with Crippen molar-refractivity contribution >= 4 is 11.9 Å². The molecule has 126 valence electrons. The molecule has 7 nitrogen and oxygen atoms in total. The third-order valence-electron chi connectivity index (χ3n) is 3.66. The van der Waals surface area contributed by atoms with E-state index < -0.39 is 29.2 Å². The maximum atomic E-state index is 12.3. The number of hydrogen-bond acceptors (Lipinski definition) is 6. The second kappa shape index (κ2) is 7.45. The van der Waals surface area contributed by atoms with Crippen LogP contribution >= 0.6 is 0 Å². The third-order valence-corrected chi connectivity index (χ3v) is 3.66. The van der Waals surface area contributed by atoms with Crippen LogP contribution in [0.25, 0.3) is 0 Å². The van der Waals surface area contributed by atoms with Gasteiger partial charge in [0.25, 0.3) is 5.56 Å². The van der Waals surface area contributed by atoms with Gasteiger partial charge in [0.15, 0.2) is 0 Å². The number of aromatic amines is 1. The van der Waals surface area contributed by atoms with Gasteiger partial charge in [0.05, 0.1) is 26.2 Å². The number of nitrogens with one attached hydrogen (secondary N) is 1. The molecule has 0 fully saturated rings. The molecule has 0 radical (unpaired) electrons. The first-order valence-corrected chi connectivity index (χ1v) is 7.14. The molecule has 1 atom stereocenters. The predicted molar refractivity (Wildman–Crippen MR) is 85.0 cm³/mol.